The van der Waals surface area contributed by atoms with Crippen LogP contribution in [0.15, 0.2) is 24.5 Å². The lowest BCUT2D eigenvalue weighted by atomic mass is 10.4. The van der Waals surface area contributed by atoms with Gasteiger partial charge >= 0.3 is 6.47 Å². The van der Waals surface area contributed by atoms with E-state index in [-0.39, 0.29) is 0 Å². The Balaban J connectivity index is 2.09. The van der Waals surface area contributed by atoms with Crippen molar-refractivity contribution in [1.82, 2.24) is 4.57 Å². The van der Waals surface area contributed by atoms with E-state index in [2.05, 4.69) is 4.74 Å². The third-order valence-electron chi connectivity index (χ3n) is 1.39. The van der Waals surface area contributed by atoms with Crippen LogP contribution in [0.4, 0.5) is 0 Å². The summed E-state index contributed by atoms with van der Waals surface area (Å²) < 4.78 is 6.45. The van der Waals surface area contributed by atoms with Gasteiger partial charge in [-0.2, -0.15) is 0 Å². The van der Waals surface area contributed by atoms with E-state index in [1.165, 1.54) is 6.47 Å². The van der Waals surface area contributed by atoms with Gasteiger partial charge in [-0.25, -0.2) is 4.79 Å². The first-order valence-electron chi connectivity index (χ1n) is 3.53. The highest BCUT2D eigenvalue weighted by atomic mass is 16.5. The second-order valence-electron chi connectivity index (χ2n) is 2.21. The van der Waals surface area contributed by atoms with Crippen LogP contribution < -0.4 is 0 Å². The lowest BCUT2D eigenvalue weighted by molar-refractivity contribution is 0.266. The minimum Gasteiger partial charge on any atom is -0.457 e. The van der Waals surface area contributed by atoms with Crippen LogP contribution in [0.1, 0.15) is 6.42 Å². The first-order valence-corrected chi connectivity index (χ1v) is 3.53. The molecule has 0 N–H and O–H groups in total. The van der Waals surface area contributed by atoms with Crippen LogP contribution in [0.2, 0.25) is 0 Å². The van der Waals surface area contributed by atoms with Crippen LogP contribution in [-0.2, 0) is 16.1 Å². The molecular weight excluding hydrogens is 142 g/mol. The quantitative estimate of drug-likeness (QED) is 0.588. The number of hydrogen-bond acceptors (Lipinski definition) is 2. The van der Waals surface area contributed by atoms with Crippen LogP contribution in [-0.4, -0.2) is 17.6 Å². The number of rotatable bonds is 5. The van der Waals surface area contributed by atoms with E-state index in [1.807, 2.05) is 29.1 Å². The van der Waals surface area contributed by atoms with Gasteiger partial charge in [-0.15, -0.1) is 0 Å². The van der Waals surface area contributed by atoms with Gasteiger partial charge in [-0.1, -0.05) is 0 Å². The number of hydrogen-bond donors (Lipinski definition) is 0. The van der Waals surface area contributed by atoms with E-state index in [0.717, 1.165) is 13.0 Å². The van der Waals surface area contributed by atoms with Crippen LogP contribution in [0.25, 0.3) is 0 Å². The summed E-state index contributed by atoms with van der Waals surface area (Å²) in [5, 5.41) is 0. The van der Waals surface area contributed by atoms with Crippen LogP contribution in [0.5, 0.6) is 0 Å². The maximum atomic E-state index is 9.61. The first-order chi connectivity index (χ1) is 5.43. The molecule has 0 aliphatic carbocycles. The normalized spacial score (nSPS) is 9.45. The fraction of sp³-hybridized carbons (Fsp3) is 0.375. The zero-order chi connectivity index (χ0) is 7.94. The Hall–Kier alpha value is -1.25. The van der Waals surface area contributed by atoms with Crippen LogP contribution in [0.3, 0.4) is 0 Å². The lowest BCUT2D eigenvalue weighted by Crippen LogP contribution is -1.99. The average molecular weight is 152 g/mol. The standard InChI is InChI=1S/C8H10NO2/c10-8-11-7-3-6-9-4-1-2-5-9/h1-2,4-5H,3,6-7H2. The predicted molar refractivity (Wildman–Crippen MR) is 40.7 cm³/mol. The van der Waals surface area contributed by atoms with Gasteiger partial charge in [0.25, 0.3) is 0 Å². The molecule has 3 heteroatoms. The minimum absolute atomic E-state index is 0.446. The average Bonchev–Trinajstić information content (AvgIpc) is 2.50. The van der Waals surface area contributed by atoms with E-state index in [0.29, 0.717) is 6.61 Å². The summed E-state index contributed by atoms with van der Waals surface area (Å²) in [7, 11) is 0. The SMILES string of the molecule is O=[C]OCCCn1cccc1. The molecule has 0 saturated heterocycles. The highest BCUT2D eigenvalue weighted by molar-refractivity contribution is 5.37. The number of carbonyl (C=O) groups excluding carboxylic acids is 1. The Bertz CT molecular complexity index is 194. The predicted octanol–water partition coefficient (Wildman–Crippen LogP) is 0.962. The van der Waals surface area contributed by atoms with Crippen molar-refractivity contribution in [2.45, 2.75) is 13.0 Å². The molecule has 3 nitrogen and oxygen atoms in total. The summed E-state index contributed by atoms with van der Waals surface area (Å²) in [5.74, 6) is 0. The van der Waals surface area contributed by atoms with Gasteiger partial charge in [0.2, 0.25) is 0 Å². The van der Waals surface area contributed by atoms with Gasteiger partial charge < -0.3 is 9.30 Å². The molecule has 59 valence electrons. The molecule has 0 aliphatic heterocycles. The van der Waals surface area contributed by atoms with E-state index in [4.69, 9.17) is 0 Å². The molecule has 1 aromatic rings. The molecule has 11 heavy (non-hydrogen) atoms. The monoisotopic (exact) mass is 152 g/mol. The molecule has 0 amide bonds. The van der Waals surface area contributed by atoms with Crippen molar-refractivity contribution >= 4 is 6.47 Å². The molecule has 1 radical (unpaired) electrons. The van der Waals surface area contributed by atoms with Crippen molar-refractivity contribution in [3.63, 3.8) is 0 Å². The lowest BCUT2D eigenvalue weighted by Gasteiger charge is -1.99. The number of ether oxygens (including phenoxy) is 1. The Labute approximate surface area is 65.6 Å². The van der Waals surface area contributed by atoms with E-state index in [1.54, 1.807) is 0 Å². The van der Waals surface area contributed by atoms with Crippen molar-refractivity contribution in [3.8, 4) is 0 Å². The van der Waals surface area contributed by atoms with E-state index in [9.17, 15) is 4.79 Å². The van der Waals surface area contributed by atoms with Gasteiger partial charge in [-0.3, -0.25) is 0 Å². The van der Waals surface area contributed by atoms with Crippen LogP contribution >= 0.6 is 0 Å². The number of aryl methyl sites for hydroxylation is 1. The number of nitrogens with zero attached hydrogens (tertiary/aromatic N) is 1. The molecular formula is C8H10NO2. The topological polar surface area (TPSA) is 31.2 Å². The molecule has 0 aromatic carbocycles. The largest absolute Gasteiger partial charge is 0.457 e. The van der Waals surface area contributed by atoms with Crippen molar-refractivity contribution in [2.75, 3.05) is 6.61 Å². The minimum atomic E-state index is 0.446. The molecule has 0 atom stereocenters. The molecule has 0 spiro atoms. The van der Waals surface area contributed by atoms with Crippen molar-refractivity contribution in [2.24, 2.45) is 0 Å². The molecule has 1 aromatic heterocycles. The van der Waals surface area contributed by atoms with E-state index < -0.39 is 0 Å². The fourth-order valence-corrected chi connectivity index (χ4v) is 0.880. The summed E-state index contributed by atoms with van der Waals surface area (Å²) in [4.78, 5) is 9.61. The molecule has 0 unspecified atom stereocenters. The Kier molecular flexibility index (Phi) is 3.25. The second-order valence-corrected chi connectivity index (χ2v) is 2.21. The maximum Gasteiger partial charge on any atom is 0.417 e. The zero-order valence-corrected chi connectivity index (χ0v) is 6.19. The van der Waals surface area contributed by atoms with Gasteiger partial charge in [0, 0.05) is 18.9 Å². The van der Waals surface area contributed by atoms with Crippen molar-refractivity contribution < 1.29 is 9.53 Å². The fourth-order valence-electron chi connectivity index (χ4n) is 0.880. The zero-order valence-electron chi connectivity index (χ0n) is 6.19. The maximum absolute atomic E-state index is 9.61. The summed E-state index contributed by atoms with van der Waals surface area (Å²) in [5.41, 5.74) is 0. The Morgan fingerprint density at radius 3 is 2.73 bits per heavy atom. The van der Waals surface area contributed by atoms with Gasteiger partial charge in [0.05, 0.1) is 6.61 Å². The highest BCUT2D eigenvalue weighted by Gasteiger charge is 1.88. The third kappa shape index (κ3) is 2.89. The Morgan fingerprint density at radius 2 is 2.09 bits per heavy atom. The van der Waals surface area contributed by atoms with Crippen LogP contribution in [0, 0.1) is 0 Å². The highest BCUT2D eigenvalue weighted by Crippen LogP contribution is 1.92. The van der Waals surface area contributed by atoms with Crippen molar-refractivity contribution in [1.29, 1.82) is 0 Å². The number of aromatic nitrogens is 1. The molecule has 1 heterocycles. The molecule has 0 fully saturated rings. The summed E-state index contributed by atoms with van der Waals surface area (Å²) in [6.07, 6.45) is 4.79. The summed E-state index contributed by atoms with van der Waals surface area (Å²) >= 11 is 0. The third-order valence-corrected chi connectivity index (χ3v) is 1.39. The Morgan fingerprint density at radius 1 is 1.36 bits per heavy atom. The molecule has 1 rings (SSSR count). The smallest absolute Gasteiger partial charge is 0.417 e. The molecule has 0 saturated carbocycles. The first kappa shape index (κ1) is 7.85. The second kappa shape index (κ2) is 4.55. The van der Waals surface area contributed by atoms with E-state index >= 15 is 0 Å². The summed E-state index contributed by atoms with van der Waals surface area (Å²) in [6.45, 7) is 2.72. The molecule has 0 bridgehead atoms. The van der Waals surface area contributed by atoms with Crippen molar-refractivity contribution in [3.05, 3.63) is 24.5 Å². The van der Waals surface area contributed by atoms with Gasteiger partial charge in [0.1, 0.15) is 0 Å². The summed E-state index contributed by atoms with van der Waals surface area (Å²) in [6, 6.07) is 3.93. The van der Waals surface area contributed by atoms with Gasteiger partial charge in [0.15, 0.2) is 0 Å². The van der Waals surface area contributed by atoms with Gasteiger partial charge in [-0.05, 0) is 18.6 Å². The molecule has 0 aliphatic rings.